The van der Waals surface area contributed by atoms with E-state index in [1.54, 1.807) is 39.1 Å². The van der Waals surface area contributed by atoms with Crippen LogP contribution in [0.15, 0.2) is 54.7 Å². The van der Waals surface area contributed by atoms with Gasteiger partial charge in [0.15, 0.2) is 0 Å². The normalized spacial score (nSPS) is 14.9. The molecule has 42 heavy (non-hydrogen) atoms. The molecule has 0 saturated heterocycles. The molecule has 5 unspecified atom stereocenters. The molecular weight excluding hydrogens is 538 g/mol. The minimum absolute atomic E-state index is 0.0520. The average molecular weight is 580 g/mol. The van der Waals surface area contributed by atoms with Gasteiger partial charge in [0, 0.05) is 23.5 Å². The highest BCUT2D eigenvalue weighted by molar-refractivity contribution is 5.94. The zero-order chi connectivity index (χ0) is 31.0. The summed E-state index contributed by atoms with van der Waals surface area (Å²) < 4.78 is 0. The first-order valence-corrected chi connectivity index (χ1v) is 14.1. The van der Waals surface area contributed by atoms with Gasteiger partial charge in [-0.25, -0.2) is 4.79 Å². The largest absolute Gasteiger partial charge is 0.508 e. The summed E-state index contributed by atoms with van der Waals surface area (Å²) in [5, 5.41) is 28.2. The van der Waals surface area contributed by atoms with Gasteiger partial charge < -0.3 is 36.9 Å². The number of benzene rings is 2. The Morgan fingerprint density at radius 3 is 2.12 bits per heavy atom. The molecule has 5 atom stereocenters. The number of carboxylic acids is 1. The molecule has 0 saturated carbocycles. The molecule has 0 aliphatic heterocycles. The van der Waals surface area contributed by atoms with Gasteiger partial charge in [0.05, 0.1) is 6.04 Å². The number of H-pyrrole nitrogens is 1. The second-order valence-electron chi connectivity index (χ2n) is 11.0. The Hall–Kier alpha value is -4.38. The van der Waals surface area contributed by atoms with Gasteiger partial charge in [0.25, 0.3) is 0 Å². The summed E-state index contributed by atoms with van der Waals surface area (Å²) in [6.07, 6.45) is 2.63. The third-order valence-electron chi connectivity index (χ3n) is 7.48. The first kappa shape index (κ1) is 32.1. The van der Waals surface area contributed by atoms with Crippen molar-refractivity contribution in [1.29, 1.82) is 0 Å². The first-order valence-electron chi connectivity index (χ1n) is 14.1. The number of hydrogen-bond acceptors (Lipinski definition) is 6. The first-order chi connectivity index (χ1) is 19.9. The summed E-state index contributed by atoms with van der Waals surface area (Å²) in [7, 11) is 0. The molecule has 0 fully saturated rings. The number of carbonyl (C=O) groups excluding carboxylic acids is 3. The van der Waals surface area contributed by atoms with Crippen LogP contribution in [0.3, 0.4) is 0 Å². The number of fused-ring (bicyclic) bond motifs is 1. The summed E-state index contributed by atoms with van der Waals surface area (Å²) in [4.78, 5) is 54.9. The Bertz CT molecular complexity index is 1390. The summed E-state index contributed by atoms with van der Waals surface area (Å²) in [5.41, 5.74) is 8.72. The zero-order valence-electron chi connectivity index (χ0n) is 24.4. The second kappa shape index (κ2) is 14.5. The van der Waals surface area contributed by atoms with E-state index in [9.17, 15) is 29.4 Å². The molecule has 3 amide bonds. The van der Waals surface area contributed by atoms with Gasteiger partial charge in [-0.15, -0.1) is 0 Å². The molecule has 0 aliphatic rings. The van der Waals surface area contributed by atoms with Crippen molar-refractivity contribution in [2.75, 3.05) is 0 Å². The maximum absolute atomic E-state index is 13.6. The van der Waals surface area contributed by atoms with Crippen LogP contribution in [-0.2, 0) is 32.0 Å². The van der Waals surface area contributed by atoms with E-state index in [2.05, 4.69) is 20.9 Å². The highest BCUT2D eigenvalue weighted by Crippen LogP contribution is 2.19. The molecule has 1 aromatic heterocycles. The highest BCUT2D eigenvalue weighted by atomic mass is 16.4. The summed E-state index contributed by atoms with van der Waals surface area (Å²) in [5.74, 6) is -3.61. The lowest BCUT2D eigenvalue weighted by atomic mass is 9.95. The third kappa shape index (κ3) is 8.32. The van der Waals surface area contributed by atoms with E-state index in [0.717, 1.165) is 16.5 Å². The number of rotatable bonds is 14. The SMILES string of the molecule is CCC(C)C(NC(=O)C(Cc1ccc(O)cc1)NC(=O)C(N)Cc1c[nH]c2ccccc12)C(=O)NC(C(=O)O)C(C)C. The van der Waals surface area contributed by atoms with Crippen LogP contribution < -0.4 is 21.7 Å². The lowest BCUT2D eigenvalue weighted by Crippen LogP contribution is -2.59. The van der Waals surface area contributed by atoms with Gasteiger partial charge in [-0.05, 0) is 47.6 Å². The van der Waals surface area contributed by atoms with Gasteiger partial charge in [0.2, 0.25) is 17.7 Å². The molecule has 226 valence electrons. The Morgan fingerprint density at radius 1 is 0.857 bits per heavy atom. The van der Waals surface area contributed by atoms with Crippen LogP contribution in [0.5, 0.6) is 5.75 Å². The molecule has 1 heterocycles. The zero-order valence-corrected chi connectivity index (χ0v) is 24.4. The van der Waals surface area contributed by atoms with Crippen LogP contribution in [0.4, 0.5) is 0 Å². The topological polar surface area (TPSA) is 187 Å². The maximum Gasteiger partial charge on any atom is 0.326 e. The molecular formula is C31H41N5O6. The minimum Gasteiger partial charge on any atom is -0.508 e. The maximum atomic E-state index is 13.6. The predicted molar refractivity (Wildman–Crippen MR) is 160 cm³/mol. The van der Waals surface area contributed by atoms with Gasteiger partial charge in [-0.3, -0.25) is 14.4 Å². The molecule has 3 rings (SSSR count). The predicted octanol–water partition coefficient (Wildman–Crippen LogP) is 2.23. The highest BCUT2D eigenvalue weighted by Gasteiger charge is 2.33. The standard InChI is InChI=1S/C31H41N5O6/c1-5-18(4)27(30(40)35-26(17(2)3)31(41)42)36-29(39)25(14-19-10-12-21(37)13-11-19)34-28(38)23(32)15-20-16-33-24-9-7-6-8-22(20)24/h6-13,16-18,23,25-27,33,37H,5,14-15,32H2,1-4H3,(H,34,38)(H,35,40)(H,36,39)(H,41,42). The van der Waals surface area contributed by atoms with Crippen molar-refractivity contribution in [3.63, 3.8) is 0 Å². The Balaban J connectivity index is 1.81. The number of carboxylic acid groups (broad SMARTS) is 1. The molecule has 0 spiro atoms. The van der Waals surface area contributed by atoms with Crippen LogP contribution in [0.25, 0.3) is 10.9 Å². The van der Waals surface area contributed by atoms with Gasteiger partial charge in [0.1, 0.15) is 23.9 Å². The van der Waals surface area contributed by atoms with E-state index in [4.69, 9.17) is 5.73 Å². The van der Waals surface area contributed by atoms with E-state index in [-0.39, 0.29) is 30.4 Å². The lowest BCUT2D eigenvalue weighted by Gasteiger charge is -2.29. The number of hydrogen-bond donors (Lipinski definition) is 7. The Morgan fingerprint density at radius 2 is 1.50 bits per heavy atom. The van der Waals surface area contributed by atoms with Crippen molar-refractivity contribution in [3.8, 4) is 5.75 Å². The average Bonchev–Trinajstić information content (AvgIpc) is 3.36. The molecule has 0 aliphatic carbocycles. The van der Waals surface area contributed by atoms with E-state index in [1.807, 2.05) is 31.2 Å². The van der Waals surface area contributed by atoms with E-state index < -0.39 is 47.9 Å². The number of aliphatic carboxylic acids is 1. The summed E-state index contributed by atoms with van der Waals surface area (Å²) in [6, 6.07) is 9.63. The van der Waals surface area contributed by atoms with E-state index in [1.165, 1.54) is 12.1 Å². The van der Waals surface area contributed by atoms with Crippen molar-refractivity contribution in [2.24, 2.45) is 17.6 Å². The molecule has 3 aromatic rings. The fourth-order valence-electron chi connectivity index (χ4n) is 4.70. The van der Waals surface area contributed by atoms with Crippen LogP contribution in [0.1, 0.15) is 45.2 Å². The molecule has 11 heteroatoms. The summed E-state index contributed by atoms with van der Waals surface area (Å²) in [6.45, 7) is 6.99. The number of nitrogens with one attached hydrogen (secondary N) is 4. The minimum atomic E-state index is -1.17. The van der Waals surface area contributed by atoms with Crippen LogP contribution in [0, 0.1) is 11.8 Å². The van der Waals surface area contributed by atoms with Crippen LogP contribution in [-0.4, -0.2) is 63.1 Å². The monoisotopic (exact) mass is 579 g/mol. The Labute approximate surface area is 245 Å². The van der Waals surface area contributed by atoms with E-state index in [0.29, 0.717) is 12.0 Å². The van der Waals surface area contributed by atoms with E-state index >= 15 is 0 Å². The third-order valence-corrected chi connectivity index (χ3v) is 7.48. The van der Waals surface area contributed by atoms with Gasteiger partial charge in [-0.2, -0.15) is 0 Å². The molecule has 0 radical (unpaired) electrons. The van der Waals surface area contributed by atoms with Crippen molar-refractivity contribution < 1.29 is 29.4 Å². The number of phenols is 1. The number of carbonyl (C=O) groups is 4. The molecule has 0 bridgehead atoms. The number of aromatic nitrogens is 1. The van der Waals surface area contributed by atoms with Crippen molar-refractivity contribution in [2.45, 2.75) is 71.1 Å². The fraction of sp³-hybridized carbons (Fsp3) is 0.419. The number of amides is 3. The smallest absolute Gasteiger partial charge is 0.326 e. The number of phenolic OH excluding ortho intramolecular Hbond substituents is 1. The van der Waals surface area contributed by atoms with Crippen molar-refractivity contribution >= 4 is 34.6 Å². The lowest BCUT2D eigenvalue weighted by molar-refractivity contribution is -0.144. The van der Waals surface area contributed by atoms with Crippen molar-refractivity contribution in [3.05, 3.63) is 65.9 Å². The fourth-order valence-corrected chi connectivity index (χ4v) is 4.70. The second-order valence-corrected chi connectivity index (χ2v) is 11.0. The number of aromatic amines is 1. The number of nitrogens with two attached hydrogens (primary N) is 1. The summed E-state index contributed by atoms with van der Waals surface area (Å²) >= 11 is 0. The Kier molecular flexibility index (Phi) is 11.1. The van der Waals surface area contributed by atoms with Crippen molar-refractivity contribution in [1.82, 2.24) is 20.9 Å². The number of para-hydroxylation sites is 1. The van der Waals surface area contributed by atoms with Gasteiger partial charge in [-0.1, -0.05) is 64.4 Å². The van der Waals surface area contributed by atoms with Gasteiger partial charge >= 0.3 is 5.97 Å². The van der Waals surface area contributed by atoms with Crippen LogP contribution in [0.2, 0.25) is 0 Å². The molecule has 8 N–H and O–H groups in total. The van der Waals surface area contributed by atoms with Crippen LogP contribution >= 0.6 is 0 Å². The number of aromatic hydroxyl groups is 1. The molecule has 11 nitrogen and oxygen atoms in total. The quantitative estimate of drug-likeness (QED) is 0.152. The molecule has 2 aromatic carbocycles.